The van der Waals surface area contributed by atoms with Crippen LogP contribution < -0.4 is 20.2 Å². The molecule has 0 unspecified atom stereocenters. The molecule has 0 aromatic heterocycles. The predicted molar refractivity (Wildman–Crippen MR) is 142 cm³/mol. The standard InChI is InChI=1S/C28H22ClN3O5/c1-2-36-20-14-12-19(13-15-20)31-26(33)27(34)32-30-17-23-21-8-4-3-7-18(21)11-16-25(23)37-28(35)22-9-5-6-10-24(22)29/h3-17H,2H2,1H3,(H,31,33)(H,32,34)/b30-17-. The van der Waals surface area contributed by atoms with Gasteiger partial charge in [0, 0.05) is 11.3 Å². The summed E-state index contributed by atoms with van der Waals surface area (Å²) >= 11 is 6.13. The van der Waals surface area contributed by atoms with E-state index in [0.29, 0.717) is 23.6 Å². The highest BCUT2D eigenvalue weighted by Crippen LogP contribution is 2.28. The molecule has 4 aromatic carbocycles. The number of nitrogens with zero attached hydrogens (tertiary/aromatic N) is 1. The lowest BCUT2D eigenvalue weighted by Crippen LogP contribution is -2.32. The largest absolute Gasteiger partial charge is 0.494 e. The Kier molecular flexibility index (Phi) is 8.12. The minimum Gasteiger partial charge on any atom is -0.494 e. The number of hydrogen-bond acceptors (Lipinski definition) is 6. The number of benzene rings is 4. The van der Waals surface area contributed by atoms with Crippen molar-refractivity contribution in [3.63, 3.8) is 0 Å². The van der Waals surface area contributed by atoms with Gasteiger partial charge in [-0.25, -0.2) is 10.2 Å². The average molecular weight is 516 g/mol. The van der Waals surface area contributed by atoms with Crippen LogP contribution in [0.4, 0.5) is 5.69 Å². The van der Waals surface area contributed by atoms with Crippen LogP contribution in [0, 0.1) is 0 Å². The smallest absolute Gasteiger partial charge is 0.345 e. The van der Waals surface area contributed by atoms with Crippen LogP contribution in [0.5, 0.6) is 11.5 Å². The molecule has 37 heavy (non-hydrogen) atoms. The molecule has 9 heteroatoms. The molecule has 2 amide bonds. The molecule has 0 aliphatic rings. The summed E-state index contributed by atoms with van der Waals surface area (Å²) in [5.41, 5.74) is 3.27. The molecule has 0 heterocycles. The summed E-state index contributed by atoms with van der Waals surface area (Å²) in [6.45, 7) is 2.38. The second-order valence-electron chi connectivity index (χ2n) is 7.68. The number of carbonyl (C=O) groups excluding carboxylic acids is 3. The Morgan fingerprint density at radius 3 is 2.38 bits per heavy atom. The summed E-state index contributed by atoms with van der Waals surface area (Å²) in [6.07, 6.45) is 1.32. The third-order valence-corrected chi connectivity index (χ3v) is 5.55. The zero-order chi connectivity index (χ0) is 26.2. The highest BCUT2D eigenvalue weighted by molar-refractivity contribution is 6.39. The fourth-order valence-electron chi connectivity index (χ4n) is 3.47. The van der Waals surface area contributed by atoms with E-state index in [1.165, 1.54) is 6.21 Å². The molecule has 0 saturated heterocycles. The van der Waals surface area contributed by atoms with Gasteiger partial charge in [0.15, 0.2) is 0 Å². The highest BCUT2D eigenvalue weighted by Gasteiger charge is 2.17. The summed E-state index contributed by atoms with van der Waals surface area (Å²) in [5.74, 6) is -1.66. The van der Waals surface area contributed by atoms with Gasteiger partial charge in [-0.15, -0.1) is 0 Å². The second-order valence-corrected chi connectivity index (χ2v) is 8.09. The maximum absolute atomic E-state index is 12.7. The van der Waals surface area contributed by atoms with Gasteiger partial charge in [0.2, 0.25) is 0 Å². The maximum Gasteiger partial charge on any atom is 0.345 e. The number of fused-ring (bicyclic) bond motifs is 1. The fraction of sp³-hybridized carbons (Fsp3) is 0.0714. The van der Waals surface area contributed by atoms with Gasteiger partial charge >= 0.3 is 17.8 Å². The van der Waals surface area contributed by atoms with Crippen LogP contribution in [-0.2, 0) is 9.59 Å². The molecule has 0 atom stereocenters. The number of esters is 1. The molecule has 4 aromatic rings. The molecular weight excluding hydrogens is 494 g/mol. The number of anilines is 1. The lowest BCUT2D eigenvalue weighted by atomic mass is 10.0. The fourth-order valence-corrected chi connectivity index (χ4v) is 3.69. The third kappa shape index (κ3) is 6.31. The first-order chi connectivity index (χ1) is 18.0. The zero-order valence-electron chi connectivity index (χ0n) is 19.7. The monoisotopic (exact) mass is 515 g/mol. The van der Waals surface area contributed by atoms with Crippen molar-refractivity contribution in [3.8, 4) is 11.5 Å². The van der Waals surface area contributed by atoms with E-state index in [1.807, 2.05) is 31.2 Å². The van der Waals surface area contributed by atoms with Crippen LogP contribution in [0.3, 0.4) is 0 Å². The van der Waals surface area contributed by atoms with Crippen LogP contribution in [0.25, 0.3) is 10.8 Å². The first-order valence-corrected chi connectivity index (χ1v) is 11.7. The highest BCUT2D eigenvalue weighted by atomic mass is 35.5. The lowest BCUT2D eigenvalue weighted by Gasteiger charge is -2.11. The average Bonchev–Trinajstić information content (AvgIpc) is 2.91. The number of carbonyl (C=O) groups is 3. The Balaban J connectivity index is 1.50. The third-order valence-electron chi connectivity index (χ3n) is 5.22. The minimum atomic E-state index is -0.972. The van der Waals surface area contributed by atoms with E-state index in [1.54, 1.807) is 60.7 Å². The molecule has 0 radical (unpaired) electrons. The van der Waals surface area contributed by atoms with Crippen molar-refractivity contribution in [1.29, 1.82) is 0 Å². The molecule has 4 rings (SSSR count). The quantitative estimate of drug-likeness (QED) is 0.116. The van der Waals surface area contributed by atoms with E-state index in [2.05, 4.69) is 15.8 Å². The van der Waals surface area contributed by atoms with Crippen molar-refractivity contribution in [1.82, 2.24) is 5.43 Å². The minimum absolute atomic E-state index is 0.208. The number of hydrazone groups is 1. The van der Waals surface area contributed by atoms with Crippen LogP contribution in [0.2, 0.25) is 5.02 Å². The van der Waals surface area contributed by atoms with Crippen molar-refractivity contribution in [2.45, 2.75) is 6.92 Å². The summed E-state index contributed by atoms with van der Waals surface area (Å²) in [4.78, 5) is 37.3. The summed E-state index contributed by atoms with van der Waals surface area (Å²) < 4.78 is 11.0. The van der Waals surface area contributed by atoms with Gasteiger partial charge in [0.25, 0.3) is 0 Å². The predicted octanol–water partition coefficient (Wildman–Crippen LogP) is 5.20. The van der Waals surface area contributed by atoms with Gasteiger partial charge in [-0.2, -0.15) is 5.10 Å². The summed E-state index contributed by atoms with van der Waals surface area (Å²) in [5, 5.41) is 8.26. The molecule has 0 bridgehead atoms. The first kappa shape index (κ1) is 25.4. The topological polar surface area (TPSA) is 106 Å². The van der Waals surface area contributed by atoms with Crippen LogP contribution >= 0.6 is 11.6 Å². The van der Waals surface area contributed by atoms with Crippen LogP contribution in [0.1, 0.15) is 22.8 Å². The Morgan fingerprint density at radius 2 is 1.62 bits per heavy atom. The van der Waals surface area contributed by atoms with E-state index < -0.39 is 17.8 Å². The summed E-state index contributed by atoms with van der Waals surface area (Å²) in [6, 6.07) is 24.0. The van der Waals surface area contributed by atoms with Crippen molar-refractivity contribution in [2.75, 3.05) is 11.9 Å². The number of amides is 2. The van der Waals surface area contributed by atoms with E-state index in [-0.39, 0.29) is 16.3 Å². The molecule has 0 saturated carbocycles. The Bertz CT molecular complexity index is 1490. The molecule has 186 valence electrons. The van der Waals surface area contributed by atoms with E-state index >= 15 is 0 Å². The number of nitrogens with one attached hydrogen (secondary N) is 2. The number of ether oxygens (including phenoxy) is 2. The number of rotatable bonds is 7. The van der Waals surface area contributed by atoms with Crippen molar-refractivity contribution < 1.29 is 23.9 Å². The molecule has 0 spiro atoms. The van der Waals surface area contributed by atoms with E-state index in [0.717, 1.165) is 10.8 Å². The molecule has 0 fully saturated rings. The van der Waals surface area contributed by atoms with Crippen LogP contribution in [-0.4, -0.2) is 30.6 Å². The van der Waals surface area contributed by atoms with Crippen molar-refractivity contribution >= 4 is 52.1 Å². The molecule has 0 aliphatic heterocycles. The van der Waals surface area contributed by atoms with Gasteiger partial charge < -0.3 is 14.8 Å². The molecule has 8 nitrogen and oxygen atoms in total. The Morgan fingerprint density at radius 1 is 0.892 bits per heavy atom. The van der Waals surface area contributed by atoms with Crippen molar-refractivity contribution in [3.05, 3.63) is 101 Å². The first-order valence-electron chi connectivity index (χ1n) is 11.3. The zero-order valence-corrected chi connectivity index (χ0v) is 20.5. The second kappa shape index (κ2) is 11.8. The number of hydrogen-bond donors (Lipinski definition) is 2. The Labute approximate surface area is 217 Å². The summed E-state index contributed by atoms with van der Waals surface area (Å²) in [7, 11) is 0. The van der Waals surface area contributed by atoms with Crippen LogP contribution in [0.15, 0.2) is 90.0 Å². The van der Waals surface area contributed by atoms with Crippen molar-refractivity contribution in [2.24, 2.45) is 5.10 Å². The molecule has 0 aliphatic carbocycles. The normalized spacial score (nSPS) is 10.8. The van der Waals surface area contributed by atoms with Gasteiger partial charge in [0.05, 0.1) is 23.4 Å². The van der Waals surface area contributed by atoms with Gasteiger partial charge in [-0.3, -0.25) is 9.59 Å². The maximum atomic E-state index is 12.7. The van der Waals surface area contributed by atoms with E-state index in [4.69, 9.17) is 21.1 Å². The van der Waals surface area contributed by atoms with Gasteiger partial charge in [-0.1, -0.05) is 54.1 Å². The van der Waals surface area contributed by atoms with E-state index in [9.17, 15) is 14.4 Å². The molecular formula is C28H22ClN3O5. The molecule has 2 N–H and O–H groups in total. The lowest BCUT2D eigenvalue weighted by molar-refractivity contribution is -0.136. The van der Waals surface area contributed by atoms with Gasteiger partial charge in [-0.05, 0) is 60.2 Å². The Hall–Kier alpha value is -4.69. The number of halogens is 1. The SMILES string of the molecule is CCOc1ccc(NC(=O)C(=O)N/N=C\c2c(OC(=O)c3ccccc3Cl)ccc3ccccc23)cc1. The van der Waals surface area contributed by atoms with Gasteiger partial charge in [0.1, 0.15) is 11.5 Å².